The summed E-state index contributed by atoms with van der Waals surface area (Å²) >= 11 is 5.95. The minimum atomic E-state index is -4.43. The molecule has 0 aliphatic carbocycles. The van der Waals surface area contributed by atoms with Crippen LogP contribution in [0.4, 0.5) is 24.5 Å². The minimum absolute atomic E-state index is 0.266. The number of hydrogen-bond acceptors (Lipinski definition) is 4. The number of benzene rings is 2. The van der Waals surface area contributed by atoms with Gasteiger partial charge < -0.3 is 9.80 Å². The van der Waals surface area contributed by atoms with Crippen LogP contribution in [0.5, 0.6) is 0 Å². The third-order valence-corrected chi connectivity index (χ3v) is 6.32. The van der Waals surface area contributed by atoms with Crippen LogP contribution in [-0.4, -0.2) is 58.2 Å². The van der Waals surface area contributed by atoms with Gasteiger partial charge in [0.05, 0.1) is 17.5 Å². The summed E-state index contributed by atoms with van der Waals surface area (Å²) in [4.78, 5) is 16.0. The number of hydrogen-bond donors (Lipinski definition) is 0. The van der Waals surface area contributed by atoms with E-state index < -0.39 is 27.7 Å². The molecule has 0 saturated carbocycles. The Morgan fingerprint density at radius 3 is 2.29 bits per heavy atom. The lowest BCUT2D eigenvalue weighted by atomic mass is 10.1. The molecule has 0 aromatic heterocycles. The number of carbonyl (C=O) groups excluding carboxylic acids is 1. The first-order valence-corrected chi connectivity index (χ1v) is 11.6. The summed E-state index contributed by atoms with van der Waals surface area (Å²) in [7, 11) is -3.73. The molecule has 6 nitrogen and oxygen atoms in total. The van der Waals surface area contributed by atoms with Crippen molar-refractivity contribution in [2.75, 3.05) is 48.2 Å². The van der Waals surface area contributed by atoms with Crippen LogP contribution in [0.25, 0.3) is 0 Å². The SMILES string of the molecule is CS(=O)(=O)N(CC(=O)N1CCN(c2cccc(C(F)(F)F)c2)CC1)c1cccc(Cl)c1. The zero-order valence-electron chi connectivity index (χ0n) is 16.6. The number of piperazine rings is 1. The van der Waals surface area contributed by atoms with Gasteiger partial charge >= 0.3 is 6.18 Å². The highest BCUT2D eigenvalue weighted by molar-refractivity contribution is 7.92. The van der Waals surface area contributed by atoms with Gasteiger partial charge in [-0.3, -0.25) is 9.10 Å². The van der Waals surface area contributed by atoms with E-state index in [1.165, 1.54) is 17.0 Å². The van der Waals surface area contributed by atoms with Crippen molar-refractivity contribution in [3.05, 3.63) is 59.1 Å². The van der Waals surface area contributed by atoms with Crippen LogP contribution in [0.2, 0.25) is 5.02 Å². The number of sulfonamides is 1. The molecule has 0 spiro atoms. The van der Waals surface area contributed by atoms with Crippen molar-refractivity contribution in [3.8, 4) is 0 Å². The van der Waals surface area contributed by atoms with Crippen molar-refractivity contribution in [2.24, 2.45) is 0 Å². The highest BCUT2D eigenvalue weighted by Crippen LogP contribution is 2.32. The summed E-state index contributed by atoms with van der Waals surface area (Å²) in [5.41, 5.74) is -0.0154. The Hall–Kier alpha value is -2.46. The molecule has 1 aliphatic rings. The topological polar surface area (TPSA) is 60.9 Å². The Kier molecular flexibility index (Phi) is 6.70. The van der Waals surface area contributed by atoms with E-state index in [0.29, 0.717) is 23.8 Å². The predicted octanol–water partition coefficient (Wildman–Crippen LogP) is 3.47. The van der Waals surface area contributed by atoms with Crippen molar-refractivity contribution < 1.29 is 26.4 Å². The maximum Gasteiger partial charge on any atom is 0.416 e. The van der Waals surface area contributed by atoms with E-state index >= 15 is 0 Å². The summed E-state index contributed by atoms with van der Waals surface area (Å²) in [6.07, 6.45) is -3.42. The fourth-order valence-electron chi connectivity index (χ4n) is 3.35. The number of amides is 1. The maximum atomic E-state index is 13.0. The minimum Gasteiger partial charge on any atom is -0.368 e. The molecule has 1 saturated heterocycles. The van der Waals surface area contributed by atoms with Crippen LogP contribution in [0.15, 0.2) is 48.5 Å². The Morgan fingerprint density at radius 1 is 1.06 bits per heavy atom. The van der Waals surface area contributed by atoms with E-state index in [0.717, 1.165) is 22.7 Å². The Balaban J connectivity index is 1.67. The Labute approximate surface area is 183 Å². The standard InChI is InChI=1S/C20H21ClF3N3O3S/c1-31(29,30)27(18-7-3-5-16(21)13-18)14-19(28)26-10-8-25(9-11-26)17-6-2-4-15(12-17)20(22,23)24/h2-7,12-13H,8-11,14H2,1H3. The molecule has 1 heterocycles. The zero-order valence-corrected chi connectivity index (χ0v) is 18.2. The number of carbonyl (C=O) groups is 1. The molecule has 0 unspecified atom stereocenters. The summed E-state index contributed by atoms with van der Waals surface area (Å²) in [5.74, 6) is -0.394. The molecule has 0 N–H and O–H groups in total. The van der Waals surface area contributed by atoms with Gasteiger partial charge in [-0.25, -0.2) is 8.42 Å². The predicted molar refractivity (Wildman–Crippen MR) is 114 cm³/mol. The normalized spacial score (nSPS) is 15.1. The van der Waals surface area contributed by atoms with Crippen LogP contribution < -0.4 is 9.21 Å². The lowest BCUT2D eigenvalue weighted by Crippen LogP contribution is -2.52. The van der Waals surface area contributed by atoms with Crippen LogP contribution in [0.3, 0.4) is 0 Å². The molecule has 1 aliphatic heterocycles. The van der Waals surface area contributed by atoms with E-state index in [2.05, 4.69) is 0 Å². The fourth-order valence-corrected chi connectivity index (χ4v) is 4.37. The van der Waals surface area contributed by atoms with Gasteiger partial charge in [0.2, 0.25) is 15.9 Å². The first-order valence-electron chi connectivity index (χ1n) is 9.38. The van der Waals surface area contributed by atoms with Gasteiger partial charge in [0.1, 0.15) is 6.54 Å². The molecule has 3 rings (SSSR count). The highest BCUT2D eigenvalue weighted by atomic mass is 35.5. The molecule has 2 aromatic carbocycles. The van der Waals surface area contributed by atoms with Crippen LogP contribution >= 0.6 is 11.6 Å². The first kappa shape index (κ1) is 23.2. The van der Waals surface area contributed by atoms with E-state index in [9.17, 15) is 26.4 Å². The summed E-state index contributed by atoms with van der Waals surface area (Å²) in [5, 5.41) is 0.341. The second kappa shape index (κ2) is 8.96. The number of anilines is 2. The molecule has 2 aromatic rings. The van der Waals surface area contributed by atoms with Crippen molar-refractivity contribution in [3.63, 3.8) is 0 Å². The lowest BCUT2D eigenvalue weighted by molar-refractivity contribution is -0.137. The fraction of sp³-hybridized carbons (Fsp3) is 0.350. The van der Waals surface area contributed by atoms with E-state index in [1.54, 1.807) is 29.2 Å². The zero-order chi connectivity index (χ0) is 22.8. The smallest absolute Gasteiger partial charge is 0.368 e. The van der Waals surface area contributed by atoms with Crippen LogP contribution in [0.1, 0.15) is 5.56 Å². The van der Waals surface area contributed by atoms with Crippen molar-refractivity contribution in [2.45, 2.75) is 6.18 Å². The van der Waals surface area contributed by atoms with Crippen LogP contribution in [0, 0.1) is 0 Å². The van der Waals surface area contributed by atoms with Gasteiger partial charge in [-0.2, -0.15) is 13.2 Å². The van der Waals surface area contributed by atoms with E-state index in [-0.39, 0.29) is 25.3 Å². The first-order chi connectivity index (χ1) is 14.4. The number of nitrogens with zero attached hydrogens (tertiary/aromatic N) is 3. The van der Waals surface area contributed by atoms with Crippen molar-refractivity contribution >= 4 is 38.9 Å². The average molecular weight is 476 g/mol. The molecular weight excluding hydrogens is 455 g/mol. The second-order valence-electron chi connectivity index (χ2n) is 7.17. The lowest BCUT2D eigenvalue weighted by Gasteiger charge is -2.37. The van der Waals surface area contributed by atoms with Gasteiger partial charge in [-0.05, 0) is 36.4 Å². The molecule has 0 atom stereocenters. The summed E-state index contributed by atoms with van der Waals surface area (Å²) in [6.45, 7) is 0.819. The molecular formula is C20H21ClF3N3O3S. The Bertz CT molecular complexity index is 1050. The quantitative estimate of drug-likeness (QED) is 0.664. The van der Waals surface area contributed by atoms with E-state index in [1.807, 2.05) is 0 Å². The molecule has 0 radical (unpaired) electrons. The van der Waals surface area contributed by atoms with Gasteiger partial charge in [0.25, 0.3) is 0 Å². The molecule has 1 amide bonds. The van der Waals surface area contributed by atoms with Crippen molar-refractivity contribution in [1.29, 1.82) is 0 Å². The summed E-state index contributed by atoms with van der Waals surface area (Å²) in [6, 6.07) is 11.2. The van der Waals surface area contributed by atoms with Gasteiger partial charge in [-0.15, -0.1) is 0 Å². The van der Waals surface area contributed by atoms with Crippen molar-refractivity contribution in [1.82, 2.24) is 4.90 Å². The second-order valence-corrected chi connectivity index (χ2v) is 9.51. The third-order valence-electron chi connectivity index (χ3n) is 4.95. The monoisotopic (exact) mass is 475 g/mol. The maximum absolute atomic E-state index is 13.0. The van der Waals surface area contributed by atoms with Gasteiger partial charge in [-0.1, -0.05) is 23.7 Å². The largest absolute Gasteiger partial charge is 0.416 e. The van der Waals surface area contributed by atoms with Gasteiger partial charge in [0, 0.05) is 36.9 Å². The summed E-state index contributed by atoms with van der Waals surface area (Å²) < 4.78 is 64.3. The molecule has 11 heteroatoms. The van der Waals surface area contributed by atoms with E-state index in [4.69, 9.17) is 11.6 Å². The van der Waals surface area contributed by atoms with Crippen LogP contribution in [-0.2, 0) is 21.0 Å². The molecule has 1 fully saturated rings. The average Bonchev–Trinajstić information content (AvgIpc) is 2.70. The highest BCUT2D eigenvalue weighted by Gasteiger charge is 2.31. The number of halogens is 4. The van der Waals surface area contributed by atoms with Gasteiger partial charge in [0.15, 0.2) is 0 Å². The number of alkyl halides is 3. The number of rotatable bonds is 5. The molecule has 31 heavy (non-hydrogen) atoms. The third kappa shape index (κ3) is 5.82. The molecule has 0 bridgehead atoms. The Morgan fingerprint density at radius 2 is 1.71 bits per heavy atom. The molecule has 168 valence electrons.